The molecule has 4 rings (SSSR count). The van der Waals surface area contributed by atoms with Crippen molar-refractivity contribution in [3.05, 3.63) is 93.7 Å². The number of nitrogens with zero attached hydrogens (tertiary/aromatic N) is 6. The Balaban J connectivity index is 1.81. The average molecular weight is 467 g/mol. The number of benzene rings is 1. The molecule has 4 aromatic rings. The highest BCUT2D eigenvalue weighted by Gasteiger charge is 2.18. The molecule has 0 saturated heterocycles. The summed E-state index contributed by atoms with van der Waals surface area (Å²) < 4.78 is 0. The molecule has 0 spiro atoms. The van der Waals surface area contributed by atoms with Gasteiger partial charge in [-0.2, -0.15) is 0 Å². The molecule has 10 heteroatoms. The van der Waals surface area contributed by atoms with Crippen molar-refractivity contribution >= 4 is 45.7 Å². The van der Waals surface area contributed by atoms with Crippen molar-refractivity contribution in [1.29, 1.82) is 0 Å². The smallest absolute Gasteiger partial charge is 0.0929 e. The van der Waals surface area contributed by atoms with E-state index in [1.54, 1.807) is 61.2 Å². The molecule has 32 heavy (non-hydrogen) atoms. The van der Waals surface area contributed by atoms with E-state index in [9.17, 15) is 10.4 Å². The lowest BCUT2D eigenvalue weighted by atomic mass is 10.0. The van der Waals surface area contributed by atoms with Crippen LogP contribution in [0, 0.1) is 0 Å². The number of hydrogen-bond donors (Lipinski definition) is 2. The predicted octanol–water partition coefficient (Wildman–Crippen LogP) is 4.57. The van der Waals surface area contributed by atoms with Gasteiger partial charge in [-0.1, -0.05) is 33.5 Å². The van der Waals surface area contributed by atoms with Crippen molar-refractivity contribution in [2.75, 3.05) is 0 Å². The zero-order valence-corrected chi connectivity index (χ0v) is 18.0. The van der Waals surface area contributed by atoms with E-state index in [1.165, 1.54) is 0 Å². The molecule has 0 aliphatic carbocycles. The molecule has 2 N–H and O–H groups in total. The fraction of sp³-hybridized carbons (Fsp3) is 0.0909. The Bertz CT molecular complexity index is 1210. The summed E-state index contributed by atoms with van der Waals surface area (Å²) >= 11 is 12.3. The number of halogens is 2. The molecule has 0 aliphatic heterocycles. The molecular weight excluding hydrogens is 451 g/mol. The number of oxime groups is 2. The third-order valence-corrected chi connectivity index (χ3v) is 5.52. The summed E-state index contributed by atoms with van der Waals surface area (Å²) in [7, 11) is 0. The molecule has 0 amide bonds. The summed E-state index contributed by atoms with van der Waals surface area (Å²) in [5, 5.41) is 26.9. The second kappa shape index (κ2) is 9.67. The molecule has 0 saturated carbocycles. The molecule has 0 radical (unpaired) electrons. The molecule has 160 valence electrons. The quantitative estimate of drug-likeness (QED) is 0.244. The van der Waals surface area contributed by atoms with Gasteiger partial charge in [-0.05, 0) is 36.4 Å². The largest absolute Gasteiger partial charge is 0.411 e. The minimum atomic E-state index is 0.175. The predicted molar refractivity (Wildman–Crippen MR) is 122 cm³/mol. The standard InChI is InChI=1S/C22H16Cl2N6O2/c23-15-9-19-20(10-16(15)24)28-22(12-18(30-32)14-3-7-26-8-4-14)21(27-19)11-17(29-31)13-1-5-25-6-2-13/h1-10,31-32H,11-12H2. The van der Waals surface area contributed by atoms with Gasteiger partial charge in [0.15, 0.2) is 0 Å². The number of aromatic nitrogens is 4. The maximum Gasteiger partial charge on any atom is 0.0929 e. The third-order valence-electron chi connectivity index (χ3n) is 4.80. The van der Waals surface area contributed by atoms with Gasteiger partial charge in [0.05, 0.1) is 43.9 Å². The minimum Gasteiger partial charge on any atom is -0.411 e. The van der Waals surface area contributed by atoms with E-state index in [4.69, 9.17) is 33.2 Å². The molecule has 0 bridgehead atoms. The van der Waals surface area contributed by atoms with Crippen LogP contribution >= 0.6 is 23.2 Å². The molecule has 0 aliphatic rings. The zero-order valence-electron chi connectivity index (χ0n) is 16.5. The van der Waals surface area contributed by atoms with Gasteiger partial charge in [-0.25, -0.2) is 9.97 Å². The Labute approximate surface area is 192 Å². The van der Waals surface area contributed by atoms with Gasteiger partial charge >= 0.3 is 0 Å². The molecular formula is C22H16Cl2N6O2. The Hall–Kier alpha value is -3.62. The Morgan fingerprint density at radius 3 is 1.41 bits per heavy atom. The first kappa shape index (κ1) is 21.6. The second-order valence-electron chi connectivity index (χ2n) is 6.79. The Kier molecular flexibility index (Phi) is 6.53. The van der Waals surface area contributed by atoms with Gasteiger partial charge < -0.3 is 10.4 Å². The fourth-order valence-electron chi connectivity index (χ4n) is 3.20. The van der Waals surface area contributed by atoms with Gasteiger partial charge in [0.2, 0.25) is 0 Å². The van der Waals surface area contributed by atoms with Crippen LogP contribution in [0.3, 0.4) is 0 Å². The molecule has 3 aromatic heterocycles. The molecule has 0 fully saturated rings. The molecule has 0 atom stereocenters. The van der Waals surface area contributed by atoms with Crippen LogP contribution in [0.15, 0.2) is 71.5 Å². The maximum atomic E-state index is 9.64. The van der Waals surface area contributed by atoms with Crippen molar-refractivity contribution in [2.24, 2.45) is 10.3 Å². The van der Waals surface area contributed by atoms with E-state index >= 15 is 0 Å². The lowest BCUT2D eigenvalue weighted by molar-refractivity contribution is 0.318. The Morgan fingerprint density at radius 1 is 0.688 bits per heavy atom. The van der Waals surface area contributed by atoms with Crippen LogP contribution in [0.25, 0.3) is 11.0 Å². The van der Waals surface area contributed by atoms with E-state index in [1.807, 2.05) is 0 Å². The van der Waals surface area contributed by atoms with E-state index < -0.39 is 0 Å². The van der Waals surface area contributed by atoms with Gasteiger partial charge in [0.25, 0.3) is 0 Å². The van der Waals surface area contributed by atoms with Crippen LogP contribution in [-0.4, -0.2) is 41.8 Å². The minimum absolute atomic E-state index is 0.175. The van der Waals surface area contributed by atoms with Crippen molar-refractivity contribution in [1.82, 2.24) is 19.9 Å². The number of pyridine rings is 2. The summed E-state index contributed by atoms with van der Waals surface area (Å²) in [6.07, 6.45) is 6.77. The molecule has 8 nitrogen and oxygen atoms in total. The van der Waals surface area contributed by atoms with Crippen LogP contribution in [0.1, 0.15) is 22.5 Å². The normalized spacial score (nSPS) is 12.3. The van der Waals surface area contributed by atoms with Crippen LogP contribution < -0.4 is 0 Å². The highest BCUT2D eigenvalue weighted by atomic mass is 35.5. The summed E-state index contributed by atoms with van der Waals surface area (Å²) in [5.74, 6) is 0. The number of hydrogen-bond acceptors (Lipinski definition) is 8. The monoisotopic (exact) mass is 466 g/mol. The summed E-state index contributed by atoms with van der Waals surface area (Å²) in [4.78, 5) is 17.4. The van der Waals surface area contributed by atoms with Crippen molar-refractivity contribution < 1.29 is 10.4 Å². The molecule has 0 unspecified atom stereocenters. The highest BCUT2D eigenvalue weighted by Crippen LogP contribution is 2.27. The molecule has 1 aromatic carbocycles. The van der Waals surface area contributed by atoms with Gasteiger partial charge in [-0.3, -0.25) is 9.97 Å². The highest BCUT2D eigenvalue weighted by molar-refractivity contribution is 6.42. The van der Waals surface area contributed by atoms with E-state index in [-0.39, 0.29) is 12.8 Å². The first-order valence-electron chi connectivity index (χ1n) is 9.46. The number of fused-ring (bicyclic) bond motifs is 1. The van der Waals surface area contributed by atoms with Crippen LogP contribution in [0.2, 0.25) is 10.0 Å². The third kappa shape index (κ3) is 4.66. The first-order valence-corrected chi connectivity index (χ1v) is 10.2. The lowest BCUT2D eigenvalue weighted by Gasteiger charge is -2.12. The average Bonchev–Trinajstić information content (AvgIpc) is 2.83. The lowest BCUT2D eigenvalue weighted by Crippen LogP contribution is -2.15. The summed E-state index contributed by atoms with van der Waals surface area (Å²) in [5.41, 5.74) is 4.30. The topological polar surface area (TPSA) is 117 Å². The van der Waals surface area contributed by atoms with Crippen molar-refractivity contribution in [2.45, 2.75) is 12.8 Å². The van der Waals surface area contributed by atoms with Gasteiger partial charge in [0, 0.05) is 48.8 Å². The van der Waals surface area contributed by atoms with Crippen LogP contribution in [0.4, 0.5) is 0 Å². The SMILES string of the molecule is ON=C(Cc1nc2cc(Cl)c(Cl)cc2nc1CC(=NO)c1ccncc1)c1ccncc1. The van der Waals surface area contributed by atoms with Crippen LogP contribution in [-0.2, 0) is 12.8 Å². The van der Waals surface area contributed by atoms with Crippen LogP contribution in [0.5, 0.6) is 0 Å². The van der Waals surface area contributed by atoms with Gasteiger partial charge in [-0.15, -0.1) is 0 Å². The van der Waals surface area contributed by atoms with E-state index in [0.29, 0.717) is 55.0 Å². The van der Waals surface area contributed by atoms with Crippen molar-refractivity contribution in [3.63, 3.8) is 0 Å². The van der Waals surface area contributed by atoms with Crippen molar-refractivity contribution in [3.8, 4) is 0 Å². The second-order valence-corrected chi connectivity index (χ2v) is 7.61. The van der Waals surface area contributed by atoms with E-state index in [0.717, 1.165) is 0 Å². The molecule has 3 heterocycles. The van der Waals surface area contributed by atoms with Gasteiger partial charge in [0.1, 0.15) is 0 Å². The Morgan fingerprint density at radius 2 is 1.06 bits per heavy atom. The summed E-state index contributed by atoms with van der Waals surface area (Å²) in [6, 6.07) is 10.2. The first-order chi connectivity index (χ1) is 15.6. The zero-order chi connectivity index (χ0) is 22.5. The van der Waals surface area contributed by atoms with E-state index in [2.05, 4.69) is 20.3 Å². The fourth-order valence-corrected chi connectivity index (χ4v) is 3.52. The summed E-state index contributed by atoms with van der Waals surface area (Å²) in [6.45, 7) is 0. The maximum absolute atomic E-state index is 9.64. The number of rotatable bonds is 6.